The first kappa shape index (κ1) is 25.2. The van der Waals surface area contributed by atoms with E-state index in [0.717, 1.165) is 27.5 Å². The summed E-state index contributed by atoms with van der Waals surface area (Å²) < 4.78 is 33.4. The summed E-state index contributed by atoms with van der Waals surface area (Å²) in [6.07, 6.45) is 1.30. The van der Waals surface area contributed by atoms with Gasteiger partial charge in [0, 0.05) is 24.3 Å². The molecule has 0 aliphatic carbocycles. The highest BCUT2D eigenvalue weighted by Gasteiger charge is 2.28. The molecule has 1 fully saturated rings. The summed E-state index contributed by atoms with van der Waals surface area (Å²) in [6, 6.07) is 18.3. The number of benzene rings is 3. The number of aryl methyl sites for hydroxylation is 2. The average molecular weight is 508 g/mol. The predicted octanol–water partition coefficient (Wildman–Crippen LogP) is 4.27. The monoisotopic (exact) mass is 507 g/mol. The van der Waals surface area contributed by atoms with Crippen LogP contribution in [0.15, 0.2) is 71.6 Å². The van der Waals surface area contributed by atoms with Crippen molar-refractivity contribution in [3.8, 4) is 5.75 Å². The summed E-state index contributed by atoms with van der Waals surface area (Å²) in [4.78, 5) is 27.1. The van der Waals surface area contributed by atoms with Crippen LogP contribution in [-0.4, -0.2) is 40.4 Å². The maximum Gasteiger partial charge on any atom is 0.264 e. The Balaban J connectivity index is 1.61. The average Bonchev–Trinajstić information content (AvgIpc) is 3.30. The number of hydrogen-bond acceptors (Lipinski definition) is 5. The number of hydrogen-bond donors (Lipinski definition) is 1. The van der Waals surface area contributed by atoms with E-state index in [4.69, 9.17) is 4.74 Å². The molecule has 3 aromatic carbocycles. The molecule has 1 saturated heterocycles. The Bertz CT molecular complexity index is 1370. The summed E-state index contributed by atoms with van der Waals surface area (Å²) in [7, 11) is -2.55. The van der Waals surface area contributed by atoms with Gasteiger partial charge >= 0.3 is 0 Å². The molecule has 1 N–H and O–H groups in total. The van der Waals surface area contributed by atoms with Gasteiger partial charge in [-0.15, -0.1) is 0 Å². The van der Waals surface area contributed by atoms with Crippen LogP contribution in [0.4, 0.5) is 17.1 Å². The molecule has 2 amide bonds. The fourth-order valence-electron chi connectivity index (χ4n) is 4.11. The first-order valence-electron chi connectivity index (χ1n) is 11.6. The van der Waals surface area contributed by atoms with Gasteiger partial charge in [0.1, 0.15) is 12.3 Å². The Morgan fingerprint density at radius 2 is 1.72 bits per heavy atom. The number of rotatable bonds is 8. The second kappa shape index (κ2) is 10.4. The van der Waals surface area contributed by atoms with Gasteiger partial charge in [0.05, 0.1) is 17.7 Å². The minimum absolute atomic E-state index is 0.0434. The van der Waals surface area contributed by atoms with Crippen LogP contribution < -0.4 is 19.3 Å². The van der Waals surface area contributed by atoms with Crippen molar-refractivity contribution >= 4 is 38.9 Å². The SMILES string of the molecule is COc1ccc(S(=O)(=O)N(CC(=O)Nc2ccc(C)c(N3CCCC3=O)c2)c2ccc(C)cc2)cc1. The molecule has 0 spiro atoms. The largest absolute Gasteiger partial charge is 0.497 e. The van der Waals surface area contributed by atoms with Crippen LogP contribution in [0.25, 0.3) is 0 Å². The molecule has 1 aliphatic rings. The van der Waals surface area contributed by atoms with E-state index >= 15 is 0 Å². The highest BCUT2D eigenvalue weighted by Crippen LogP contribution is 2.29. The lowest BCUT2D eigenvalue weighted by molar-refractivity contribution is -0.117. The van der Waals surface area contributed by atoms with E-state index in [9.17, 15) is 18.0 Å². The van der Waals surface area contributed by atoms with Gasteiger partial charge in [0.2, 0.25) is 11.8 Å². The predicted molar refractivity (Wildman–Crippen MR) is 140 cm³/mol. The van der Waals surface area contributed by atoms with Crippen molar-refractivity contribution in [1.82, 2.24) is 0 Å². The third-order valence-corrected chi connectivity index (χ3v) is 7.90. The van der Waals surface area contributed by atoms with Crippen molar-refractivity contribution in [2.75, 3.05) is 34.7 Å². The molecule has 4 rings (SSSR count). The van der Waals surface area contributed by atoms with E-state index in [1.165, 1.54) is 19.2 Å². The molecular weight excluding hydrogens is 478 g/mol. The second-order valence-corrected chi connectivity index (χ2v) is 10.6. The lowest BCUT2D eigenvalue weighted by atomic mass is 10.1. The molecule has 0 radical (unpaired) electrons. The Kier molecular flexibility index (Phi) is 7.30. The summed E-state index contributed by atoms with van der Waals surface area (Å²) in [5.74, 6) is 0.0770. The van der Waals surface area contributed by atoms with Gasteiger partial charge in [-0.1, -0.05) is 23.8 Å². The van der Waals surface area contributed by atoms with E-state index < -0.39 is 22.5 Å². The minimum Gasteiger partial charge on any atom is -0.497 e. The van der Waals surface area contributed by atoms with Crippen LogP contribution in [0.3, 0.4) is 0 Å². The van der Waals surface area contributed by atoms with Crippen molar-refractivity contribution in [2.24, 2.45) is 0 Å². The number of ether oxygens (including phenoxy) is 1. The first-order valence-corrected chi connectivity index (χ1v) is 13.1. The number of nitrogens with zero attached hydrogens (tertiary/aromatic N) is 2. The van der Waals surface area contributed by atoms with Gasteiger partial charge in [0.25, 0.3) is 10.0 Å². The lowest BCUT2D eigenvalue weighted by Crippen LogP contribution is -2.38. The number of carbonyl (C=O) groups excluding carboxylic acids is 2. The lowest BCUT2D eigenvalue weighted by Gasteiger charge is -2.25. The second-order valence-electron chi connectivity index (χ2n) is 8.72. The summed E-state index contributed by atoms with van der Waals surface area (Å²) >= 11 is 0. The minimum atomic E-state index is -4.05. The zero-order chi connectivity index (χ0) is 25.9. The Morgan fingerprint density at radius 1 is 1.03 bits per heavy atom. The van der Waals surface area contributed by atoms with E-state index in [-0.39, 0.29) is 10.8 Å². The molecule has 0 atom stereocenters. The van der Waals surface area contributed by atoms with Gasteiger partial charge in [-0.2, -0.15) is 0 Å². The van der Waals surface area contributed by atoms with E-state index in [2.05, 4.69) is 5.32 Å². The Morgan fingerprint density at radius 3 is 2.33 bits per heavy atom. The zero-order valence-electron chi connectivity index (χ0n) is 20.5. The van der Waals surface area contributed by atoms with Gasteiger partial charge < -0.3 is 15.0 Å². The van der Waals surface area contributed by atoms with E-state index in [1.807, 2.05) is 19.9 Å². The highest BCUT2D eigenvalue weighted by molar-refractivity contribution is 7.92. The van der Waals surface area contributed by atoms with Crippen LogP contribution >= 0.6 is 0 Å². The van der Waals surface area contributed by atoms with E-state index in [1.54, 1.807) is 53.4 Å². The number of nitrogens with one attached hydrogen (secondary N) is 1. The number of carbonyl (C=O) groups is 2. The van der Waals surface area contributed by atoms with Crippen LogP contribution in [-0.2, 0) is 19.6 Å². The number of methoxy groups -OCH3 is 1. The van der Waals surface area contributed by atoms with Crippen LogP contribution in [0.5, 0.6) is 5.75 Å². The third-order valence-electron chi connectivity index (χ3n) is 6.11. The first-order chi connectivity index (χ1) is 17.2. The smallest absolute Gasteiger partial charge is 0.264 e. The van der Waals surface area contributed by atoms with Crippen molar-refractivity contribution in [1.29, 1.82) is 0 Å². The third kappa shape index (κ3) is 5.36. The Labute approximate surface area is 211 Å². The van der Waals surface area contributed by atoms with Gasteiger partial charge in [-0.25, -0.2) is 8.42 Å². The van der Waals surface area contributed by atoms with Crippen molar-refractivity contribution in [3.05, 3.63) is 77.9 Å². The van der Waals surface area contributed by atoms with Crippen LogP contribution in [0.1, 0.15) is 24.0 Å². The molecule has 0 bridgehead atoms. The van der Waals surface area contributed by atoms with Gasteiger partial charge in [0.15, 0.2) is 0 Å². The van der Waals surface area contributed by atoms with Gasteiger partial charge in [-0.3, -0.25) is 13.9 Å². The Hall–Kier alpha value is -3.85. The maximum absolute atomic E-state index is 13.6. The molecule has 36 heavy (non-hydrogen) atoms. The molecule has 0 unspecified atom stereocenters. The fraction of sp³-hybridized carbons (Fsp3) is 0.259. The van der Waals surface area contributed by atoms with Crippen LogP contribution in [0.2, 0.25) is 0 Å². The summed E-state index contributed by atoms with van der Waals surface area (Å²) in [5.41, 5.74) is 3.50. The van der Waals surface area contributed by atoms with Gasteiger partial charge in [-0.05, 0) is 74.4 Å². The zero-order valence-corrected chi connectivity index (χ0v) is 21.3. The molecule has 1 heterocycles. The molecule has 1 aliphatic heterocycles. The van der Waals surface area contributed by atoms with Crippen LogP contribution in [0, 0.1) is 13.8 Å². The molecule has 0 saturated carbocycles. The maximum atomic E-state index is 13.6. The molecule has 9 heteroatoms. The number of sulfonamides is 1. The summed E-state index contributed by atoms with van der Waals surface area (Å²) in [6.45, 7) is 4.02. The van der Waals surface area contributed by atoms with E-state index in [0.29, 0.717) is 30.1 Å². The fourth-order valence-corrected chi connectivity index (χ4v) is 5.53. The van der Waals surface area contributed by atoms with Crippen molar-refractivity contribution in [3.63, 3.8) is 0 Å². The summed E-state index contributed by atoms with van der Waals surface area (Å²) in [5, 5.41) is 2.80. The number of amides is 2. The topological polar surface area (TPSA) is 96.0 Å². The molecule has 188 valence electrons. The molecule has 0 aromatic heterocycles. The normalized spacial score (nSPS) is 13.5. The standard InChI is InChI=1S/C27H29N3O5S/c1-19-6-10-22(11-7-19)30(36(33,34)24-14-12-23(35-3)13-15-24)18-26(31)28-21-9-8-20(2)25(17-21)29-16-4-5-27(29)32/h6-15,17H,4-5,16,18H2,1-3H3,(H,28,31). The molecular formula is C27H29N3O5S. The highest BCUT2D eigenvalue weighted by atomic mass is 32.2. The molecule has 8 nitrogen and oxygen atoms in total. The quantitative estimate of drug-likeness (QED) is 0.491. The molecule has 3 aromatic rings. The van der Waals surface area contributed by atoms with Crippen molar-refractivity contribution < 1.29 is 22.7 Å². The number of anilines is 3. The van der Waals surface area contributed by atoms with Crippen molar-refractivity contribution in [2.45, 2.75) is 31.6 Å².